The monoisotopic (exact) mass is 1400 g/mol. The smallest absolute Gasteiger partial charge is 0.310 e. The standard InChI is InChI=1S/C27H25Cl2N3O3.C26H31Cl2N3O2.C20H19Cl2N3O2/c28-22-10-6-11-23(29)26(22)31-24-12-5-4-9-21(24)19-25(33)35-18-17-34-16-15-32-14-13-30-27(32)20-7-2-1-3-8-20;1-2-10-24-29-15-17-31(24)16-7-3-4-8-18-33-25(32)19-20-11-5-6-14-23(20)30-26-21(27)12-9-13-22(26)28;1-25-11-10-23-18(25)9-12-27-19(26)13-14-5-2-3-8-17(14)24-20-15(21)6-4-7-16(20)22/h1-14,31H,15-19H2;5-6,9,11-15,17,30H,2-4,7-8,10,16,18-19H2,1H3;2-8,10-11,24H,9,12-13H2,1H3. The second-order valence-corrected chi connectivity index (χ2v) is 24.1. The number of carbonyl (C=O) groups is 3. The normalized spacial score (nSPS) is 10.8. The van der Waals surface area contributed by atoms with E-state index in [4.69, 9.17) is 88.6 Å². The molecule has 3 aromatic heterocycles. The lowest BCUT2D eigenvalue weighted by Gasteiger charge is -2.14. The van der Waals surface area contributed by atoms with Crippen molar-refractivity contribution in [1.29, 1.82) is 0 Å². The number of para-hydroxylation sites is 6. The molecule has 3 N–H and O–H groups in total. The number of imidazole rings is 3. The number of rotatable bonds is 31. The molecule has 496 valence electrons. The first kappa shape index (κ1) is 72.5. The Morgan fingerprint density at radius 2 is 0.842 bits per heavy atom. The number of esters is 3. The van der Waals surface area contributed by atoms with Gasteiger partial charge in [0.2, 0.25) is 0 Å². The summed E-state index contributed by atoms with van der Waals surface area (Å²) in [6, 6.07) is 48.4. The van der Waals surface area contributed by atoms with Crippen LogP contribution in [0.25, 0.3) is 11.4 Å². The maximum absolute atomic E-state index is 12.4. The Balaban J connectivity index is 0.000000184. The van der Waals surface area contributed by atoms with Crippen LogP contribution in [0.15, 0.2) is 195 Å². The second kappa shape index (κ2) is 38.9. The summed E-state index contributed by atoms with van der Waals surface area (Å²) in [6.45, 7) is 5.53. The minimum Gasteiger partial charge on any atom is -0.465 e. The summed E-state index contributed by atoms with van der Waals surface area (Å²) in [6.07, 6.45) is 18.5. The van der Waals surface area contributed by atoms with Crippen LogP contribution in [0.4, 0.5) is 34.1 Å². The van der Waals surface area contributed by atoms with Gasteiger partial charge in [-0.05, 0) is 97.0 Å². The van der Waals surface area contributed by atoms with E-state index >= 15 is 0 Å². The van der Waals surface area contributed by atoms with Gasteiger partial charge in [0, 0.05) is 92.8 Å². The Bertz CT molecular complexity index is 3990. The van der Waals surface area contributed by atoms with Crippen LogP contribution >= 0.6 is 69.6 Å². The highest BCUT2D eigenvalue weighted by atomic mass is 35.5. The van der Waals surface area contributed by atoms with Gasteiger partial charge < -0.3 is 48.6 Å². The topological polar surface area (TPSA) is 178 Å². The van der Waals surface area contributed by atoms with Gasteiger partial charge in [0.15, 0.2) is 0 Å². The highest BCUT2D eigenvalue weighted by Gasteiger charge is 2.17. The maximum Gasteiger partial charge on any atom is 0.310 e. The number of nitrogens with zero attached hydrogens (tertiary/aromatic N) is 6. The van der Waals surface area contributed by atoms with E-state index in [9.17, 15) is 14.4 Å². The van der Waals surface area contributed by atoms with Crippen molar-refractivity contribution in [3.8, 4) is 11.4 Å². The summed E-state index contributed by atoms with van der Waals surface area (Å²) in [5.74, 6) is 2.05. The minimum absolute atomic E-state index is 0.112. The van der Waals surface area contributed by atoms with Crippen molar-refractivity contribution in [2.45, 2.75) is 84.2 Å². The number of nitrogens with one attached hydrogen (secondary N) is 3. The molecule has 3 heterocycles. The van der Waals surface area contributed by atoms with Gasteiger partial charge in [0.05, 0.1) is 92.9 Å². The summed E-state index contributed by atoms with van der Waals surface area (Å²) in [5, 5.41) is 12.8. The van der Waals surface area contributed by atoms with Crippen LogP contribution in [0.3, 0.4) is 0 Å². The lowest BCUT2D eigenvalue weighted by Crippen LogP contribution is -2.15. The van der Waals surface area contributed by atoms with Crippen molar-refractivity contribution in [3.63, 3.8) is 0 Å². The fraction of sp³-hybridized carbons (Fsp3) is 0.260. The van der Waals surface area contributed by atoms with Crippen LogP contribution in [0.2, 0.25) is 30.1 Å². The number of anilines is 6. The van der Waals surface area contributed by atoms with Gasteiger partial charge in [-0.1, -0.05) is 186 Å². The van der Waals surface area contributed by atoms with Crippen molar-refractivity contribution >= 4 is 122 Å². The van der Waals surface area contributed by atoms with Crippen molar-refractivity contribution in [3.05, 3.63) is 253 Å². The average Bonchev–Trinajstić information content (AvgIpc) is 1.96. The predicted molar refractivity (Wildman–Crippen MR) is 383 cm³/mol. The van der Waals surface area contributed by atoms with Gasteiger partial charge in [0.25, 0.3) is 0 Å². The van der Waals surface area contributed by atoms with Crippen LogP contribution in [0.5, 0.6) is 0 Å². The van der Waals surface area contributed by atoms with Gasteiger partial charge in [-0.25, -0.2) is 15.0 Å². The highest BCUT2D eigenvalue weighted by Crippen LogP contribution is 2.37. The zero-order valence-corrected chi connectivity index (χ0v) is 57.3. The summed E-state index contributed by atoms with van der Waals surface area (Å²) < 4.78 is 28.0. The van der Waals surface area contributed by atoms with Gasteiger partial charge >= 0.3 is 17.9 Å². The first-order chi connectivity index (χ1) is 46.2. The maximum atomic E-state index is 12.4. The highest BCUT2D eigenvalue weighted by molar-refractivity contribution is 6.40. The molecular weight excluding hydrogens is 1330 g/mol. The fourth-order valence-electron chi connectivity index (χ4n) is 9.89. The molecule has 0 atom stereocenters. The molecule has 0 fully saturated rings. The molecule has 22 heteroatoms. The quantitative estimate of drug-likeness (QED) is 0.0213. The number of aromatic nitrogens is 6. The number of carbonyl (C=O) groups excluding carboxylic acids is 3. The summed E-state index contributed by atoms with van der Waals surface area (Å²) in [4.78, 5) is 50.1. The Morgan fingerprint density at radius 3 is 1.34 bits per heavy atom. The number of halogens is 6. The number of ether oxygens (including phenoxy) is 4. The zero-order valence-electron chi connectivity index (χ0n) is 52.8. The van der Waals surface area contributed by atoms with Crippen LogP contribution in [0.1, 0.15) is 67.4 Å². The van der Waals surface area contributed by atoms with E-state index in [2.05, 4.69) is 48.6 Å². The summed E-state index contributed by atoms with van der Waals surface area (Å²) in [7, 11) is 1.91. The molecule has 10 aromatic rings. The van der Waals surface area contributed by atoms with Gasteiger partial charge in [0.1, 0.15) is 24.1 Å². The van der Waals surface area contributed by atoms with Crippen molar-refractivity contribution in [2.75, 3.05) is 49.0 Å². The molecule has 0 amide bonds. The van der Waals surface area contributed by atoms with Crippen molar-refractivity contribution in [1.82, 2.24) is 28.7 Å². The van der Waals surface area contributed by atoms with E-state index < -0.39 is 0 Å². The van der Waals surface area contributed by atoms with Crippen LogP contribution in [0, 0.1) is 0 Å². The predicted octanol–water partition coefficient (Wildman–Crippen LogP) is 18.4. The fourth-order valence-corrected chi connectivity index (χ4v) is 11.4. The van der Waals surface area contributed by atoms with Gasteiger partial charge in [-0.2, -0.15) is 0 Å². The molecule has 0 spiro atoms. The largest absolute Gasteiger partial charge is 0.465 e. The molecule has 0 saturated heterocycles. The molecule has 0 aliphatic carbocycles. The zero-order chi connectivity index (χ0) is 67.2. The lowest BCUT2D eigenvalue weighted by atomic mass is 10.1. The average molecular weight is 1400 g/mol. The van der Waals surface area contributed by atoms with E-state index in [-0.39, 0.29) is 50.4 Å². The third-order valence-corrected chi connectivity index (χ3v) is 16.7. The molecule has 0 radical (unpaired) electrons. The summed E-state index contributed by atoms with van der Waals surface area (Å²) in [5.41, 5.74) is 7.58. The molecule has 16 nitrogen and oxygen atoms in total. The number of hydrogen-bond acceptors (Lipinski definition) is 13. The number of aryl methyl sites for hydroxylation is 3. The van der Waals surface area contributed by atoms with Crippen LogP contribution in [-0.2, 0) is 85.6 Å². The first-order valence-electron chi connectivity index (χ1n) is 31.2. The molecule has 7 aromatic carbocycles. The Kier molecular flexibility index (Phi) is 29.7. The van der Waals surface area contributed by atoms with Crippen LogP contribution < -0.4 is 16.0 Å². The molecule has 95 heavy (non-hydrogen) atoms. The molecule has 10 rings (SSSR count). The number of unbranched alkanes of at least 4 members (excludes halogenated alkanes) is 3. The Hall–Kier alpha value is -8.32. The number of hydrogen-bond donors (Lipinski definition) is 3. The molecule has 0 aliphatic rings. The van der Waals surface area contributed by atoms with E-state index in [1.807, 2.05) is 138 Å². The Labute approximate surface area is 584 Å². The first-order valence-corrected chi connectivity index (χ1v) is 33.5. The van der Waals surface area contributed by atoms with E-state index in [1.165, 1.54) is 0 Å². The van der Waals surface area contributed by atoms with E-state index in [0.29, 0.717) is 80.0 Å². The van der Waals surface area contributed by atoms with Crippen LogP contribution in [-0.4, -0.2) is 79.6 Å². The summed E-state index contributed by atoms with van der Waals surface area (Å²) >= 11 is 37.5. The third kappa shape index (κ3) is 23.2. The van der Waals surface area contributed by atoms with E-state index in [0.717, 1.165) is 102 Å². The second-order valence-electron chi connectivity index (χ2n) is 21.7. The molecule has 0 bridgehead atoms. The van der Waals surface area contributed by atoms with Gasteiger partial charge in [-0.15, -0.1) is 0 Å². The molecule has 0 saturated carbocycles. The van der Waals surface area contributed by atoms with Crippen molar-refractivity contribution in [2.24, 2.45) is 7.05 Å². The molecule has 0 unspecified atom stereocenters. The van der Waals surface area contributed by atoms with Crippen molar-refractivity contribution < 1.29 is 33.3 Å². The Morgan fingerprint density at radius 1 is 0.411 bits per heavy atom. The van der Waals surface area contributed by atoms with E-state index in [1.54, 1.807) is 67.0 Å². The third-order valence-electron chi connectivity index (χ3n) is 14.8. The lowest BCUT2D eigenvalue weighted by molar-refractivity contribution is -0.144. The number of benzene rings is 7. The molecular formula is C73H75Cl6N9O7. The molecule has 0 aliphatic heterocycles. The van der Waals surface area contributed by atoms with Gasteiger partial charge in [-0.3, -0.25) is 14.4 Å². The SMILES string of the molecule is CCCc1nccn1CCCCCCOC(=O)Cc1ccccc1Nc1c(Cl)cccc1Cl.Cn1ccnc1CCOC(=O)Cc1ccccc1Nc1c(Cl)cccc1Cl.O=C(Cc1ccccc1Nc1c(Cl)cccc1Cl)OCCOCCn1ccnc1-c1ccccc1. The minimum atomic E-state index is -0.339.